The van der Waals surface area contributed by atoms with Gasteiger partial charge in [0.05, 0.1) is 54.9 Å². The number of aromatic nitrogens is 1. The summed E-state index contributed by atoms with van der Waals surface area (Å²) in [7, 11) is 0. The summed E-state index contributed by atoms with van der Waals surface area (Å²) in [6.07, 6.45) is -3.77. The molecule has 4 heterocycles. The Bertz CT molecular complexity index is 3140. The van der Waals surface area contributed by atoms with Gasteiger partial charge in [-0.15, -0.1) is 11.8 Å². The summed E-state index contributed by atoms with van der Waals surface area (Å²) in [4.78, 5) is 184. The quantitative estimate of drug-likeness (QED) is 0.0514. The third-order valence-electron chi connectivity index (χ3n) is 16.5. The number of amides is 10. The van der Waals surface area contributed by atoms with Crippen LogP contribution in [0.2, 0.25) is 0 Å². The second kappa shape index (κ2) is 33.7. The summed E-state index contributed by atoms with van der Waals surface area (Å²) in [6.45, 7) is 5.53. The molecule has 27 nitrogen and oxygen atoms in total. The number of nitrogens with one attached hydrogen (secondary N) is 9. The first kappa shape index (κ1) is 71.0. The highest BCUT2D eigenvalue weighted by molar-refractivity contribution is 7.99. The minimum atomic E-state index is -1.77. The van der Waals surface area contributed by atoms with Gasteiger partial charge >= 0.3 is 0 Å². The minimum Gasteiger partial charge on any atom is -0.394 e. The molecule has 2 unspecified atom stereocenters. The third-order valence-corrected chi connectivity index (χ3v) is 17.7. The first-order valence-corrected chi connectivity index (χ1v) is 31.5. The number of aliphatic hydroxyl groups is 3. The maximum absolute atomic E-state index is 14.8. The summed E-state index contributed by atoms with van der Waals surface area (Å²) < 4.78 is 0. The number of hydrogen-bond acceptors (Lipinski definition) is 17. The molecule has 28 heteroatoms. The number of ketones is 3. The fourth-order valence-electron chi connectivity index (χ4n) is 11.1. The van der Waals surface area contributed by atoms with Crippen LogP contribution in [0.4, 0.5) is 0 Å². The van der Waals surface area contributed by atoms with E-state index in [0.29, 0.717) is 34.9 Å². The van der Waals surface area contributed by atoms with Gasteiger partial charge in [-0.05, 0) is 54.0 Å². The van der Waals surface area contributed by atoms with Crippen LogP contribution in [0.3, 0.4) is 0 Å². The van der Waals surface area contributed by atoms with Gasteiger partial charge in [0.1, 0.15) is 30.0 Å². The van der Waals surface area contributed by atoms with Crippen LogP contribution in [0.5, 0.6) is 0 Å². The van der Waals surface area contributed by atoms with Crippen LogP contribution in [0.25, 0.3) is 10.9 Å². The lowest BCUT2D eigenvalue weighted by Crippen LogP contribution is -2.60. The van der Waals surface area contributed by atoms with Crippen LogP contribution in [0.1, 0.15) is 109 Å². The zero-order chi connectivity index (χ0) is 65.9. The van der Waals surface area contributed by atoms with Gasteiger partial charge in [0.2, 0.25) is 59.1 Å². The Hall–Kier alpha value is -8.08. The highest BCUT2D eigenvalue weighted by Gasteiger charge is 2.45. The van der Waals surface area contributed by atoms with E-state index in [0.717, 1.165) is 22.2 Å². The maximum atomic E-state index is 14.8. The van der Waals surface area contributed by atoms with Gasteiger partial charge in [-0.3, -0.25) is 62.3 Å². The first-order chi connectivity index (χ1) is 42.8. The molecule has 0 aliphatic carbocycles. The molecule has 12 atom stereocenters. The van der Waals surface area contributed by atoms with Crippen LogP contribution in [-0.2, 0) is 81.6 Å². The van der Waals surface area contributed by atoms with E-state index in [1.54, 1.807) is 39.0 Å². The topological polar surface area (TPSA) is 424 Å². The number of H-pyrrole nitrogens is 1. The van der Waals surface area contributed by atoms with E-state index in [1.165, 1.54) is 6.92 Å². The van der Waals surface area contributed by atoms with E-state index in [9.17, 15) is 77.6 Å². The smallest absolute Gasteiger partial charge is 0.243 e. The molecule has 3 aliphatic heterocycles. The maximum Gasteiger partial charge on any atom is 0.243 e. The molecule has 0 saturated carbocycles. The molecule has 1 saturated heterocycles. The molecule has 1 aromatic heterocycles. The molecular formula is C62H85N11O16S. The fourth-order valence-corrected chi connectivity index (χ4v) is 12.3. The Balaban J connectivity index is 1.34. The number of carbonyl (C=O) groups is 13. The summed E-state index contributed by atoms with van der Waals surface area (Å²) in [5, 5.41) is 53.7. The van der Waals surface area contributed by atoms with Crippen molar-refractivity contribution in [2.24, 2.45) is 29.4 Å². The average molecular weight is 1270 g/mol. The number of aliphatic hydroxyl groups excluding tert-OH is 3. The van der Waals surface area contributed by atoms with Crippen molar-refractivity contribution in [1.29, 1.82) is 0 Å². The van der Waals surface area contributed by atoms with E-state index in [2.05, 4.69) is 47.5 Å². The molecule has 2 bridgehead atoms. The highest BCUT2D eigenvalue weighted by atomic mass is 32.2. The molecule has 0 spiro atoms. The summed E-state index contributed by atoms with van der Waals surface area (Å²) >= 11 is 0.974. The zero-order valence-corrected chi connectivity index (χ0v) is 52.2. The predicted molar refractivity (Wildman–Crippen MR) is 328 cm³/mol. The van der Waals surface area contributed by atoms with Gasteiger partial charge in [0.25, 0.3) is 0 Å². The number of fused-ring (bicyclic) bond motifs is 5. The number of Topliss-reactive ketones (excluding diaryl/α,β-unsaturated/α-hetero) is 3. The summed E-state index contributed by atoms with van der Waals surface area (Å²) in [6, 6.07) is 5.69. The van der Waals surface area contributed by atoms with Gasteiger partial charge in [-0.1, -0.05) is 77.4 Å². The van der Waals surface area contributed by atoms with Crippen molar-refractivity contribution < 1.29 is 77.6 Å². The average Bonchev–Trinajstić information content (AvgIpc) is 2.64. The Morgan fingerprint density at radius 3 is 2.18 bits per heavy atom. The molecule has 3 aliphatic rings. The molecule has 90 heavy (non-hydrogen) atoms. The number of hydrogen-bond donors (Lipinski definition) is 13. The Morgan fingerprint density at radius 1 is 0.800 bits per heavy atom. The van der Waals surface area contributed by atoms with E-state index in [-0.39, 0.29) is 79.7 Å². The number of nitrogens with two attached hydrogens (primary N) is 1. The fraction of sp³-hybridized carbons (Fsp3) is 0.565. The predicted octanol–water partition coefficient (Wildman–Crippen LogP) is -1.42. The first-order valence-electron chi connectivity index (χ1n) is 30.6. The Morgan fingerprint density at radius 2 is 1.50 bits per heavy atom. The van der Waals surface area contributed by atoms with E-state index in [4.69, 9.17) is 5.73 Å². The largest absolute Gasteiger partial charge is 0.394 e. The molecular weight excluding hydrogens is 1190 g/mol. The van der Waals surface area contributed by atoms with Crippen molar-refractivity contribution >= 4 is 99.1 Å². The minimum absolute atomic E-state index is 0.0203. The van der Waals surface area contributed by atoms with Crippen molar-refractivity contribution in [3.8, 4) is 0 Å². The standard InChI is InChI=1S/C62H85N11O16S/c1-6-12-51(81)67-43(22-35-13-9-8-10-14-35)47(77)19-33(4)56(84)64-18-11-15-38(75)20-36-16-17-42-40(21-36)41-26-44-57(85)65-28-53(83)71-54(32(3)7-2)59(87)66-27-52(82)68-45(31-90-61(41)70-42)48(78)23-37(24-50(63)80)62(89)73-29-39(76)25-46(73)58(86)72-55(60(88)69-44)34(5)49(79)30-74/h8-10,13-14,16-17,21,32-34,37,39,43-46,49,54-55,70,74,76,79H,6-7,11-12,15,18-20,22-31H2,1-5H3,(H2,63,80)(H,64,84)(H,65,85)(H,66,87)(H,67,81)(H,68,82)(H,69,88)(H,71,83)(H,72,86)/t32-,33-,34?,37-,39+,43+,44+,45-,46-,49?,54-,55-/m0/s1. The molecule has 10 amide bonds. The van der Waals surface area contributed by atoms with Crippen LogP contribution in [0, 0.1) is 23.7 Å². The lowest BCUT2D eigenvalue weighted by Gasteiger charge is -2.32. The van der Waals surface area contributed by atoms with E-state index in [1.807, 2.05) is 37.3 Å². The van der Waals surface area contributed by atoms with Gasteiger partial charge in [0, 0.05) is 92.9 Å². The normalized spacial score (nSPS) is 23.4. The molecule has 6 rings (SSSR count). The second-order valence-electron chi connectivity index (χ2n) is 23.6. The number of rotatable bonds is 22. The van der Waals surface area contributed by atoms with Gasteiger partial charge in [-0.2, -0.15) is 0 Å². The van der Waals surface area contributed by atoms with Crippen molar-refractivity contribution in [3.05, 3.63) is 65.2 Å². The second-order valence-corrected chi connectivity index (χ2v) is 24.7. The third kappa shape index (κ3) is 20.0. The number of nitrogens with zero attached hydrogens (tertiary/aromatic N) is 1. The van der Waals surface area contributed by atoms with E-state index < -0.39 is 177 Å². The number of benzene rings is 2. The lowest BCUT2D eigenvalue weighted by atomic mass is 9.93. The molecule has 0 radical (unpaired) electrons. The van der Waals surface area contributed by atoms with Crippen molar-refractivity contribution in [1.82, 2.24) is 52.4 Å². The van der Waals surface area contributed by atoms with Crippen LogP contribution >= 0.6 is 11.8 Å². The van der Waals surface area contributed by atoms with Gasteiger partial charge in [0.15, 0.2) is 11.6 Å². The van der Waals surface area contributed by atoms with Crippen LogP contribution in [-0.4, -0.2) is 189 Å². The van der Waals surface area contributed by atoms with Crippen molar-refractivity contribution in [2.45, 2.75) is 165 Å². The lowest BCUT2D eigenvalue weighted by molar-refractivity contribution is -0.145. The molecule has 14 N–H and O–H groups in total. The molecule has 490 valence electrons. The molecule has 1 fully saturated rings. The van der Waals surface area contributed by atoms with Crippen LogP contribution in [0.15, 0.2) is 53.6 Å². The summed E-state index contributed by atoms with van der Waals surface area (Å²) in [5.41, 5.74) is 7.71. The van der Waals surface area contributed by atoms with Crippen molar-refractivity contribution in [2.75, 3.05) is 38.5 Å². The Kier molecular flexibility index (Phi) is 26.6. The molecule has 3 aromatic rings. The van der Waals surface area contributed by atoms with Gasteiger partial charge in [-0.25, -0.2) is 0 Å². The molecule has 2 aromatic carbocycles. The zero-order valence-electron chi connectivity index (χ0n) is 51.4. The Labute approximate surface area is 525 Å². The van der Waals surface area contributed by atoms with Crippen LogP contribution < -0.4 is 48.3 Å². The van der Waals surface area contributed by atoms with E-state index >= 15 is 0 Å². The van der Waals surface area contributed by atoms with Crippen molar-refractivity contribution in [3.63, 3.8) is 0 Å². The number of primary amides is 1. The monoisotopic (exact) mass is 1270 g/mol. The number of aromatic amines is 1. The number of thioether (sulfide) groups is 1. The summed E-state index contributed by atoms with van der Waals surface area (Å²) in [5.74, 6) is -13.9. The highest BCUT2D eigenvalue weighted by Crippen LogP contribution is 2.34. The number of carbonyl (C=O) groups excluding carboxylic acids is 13. The SMILES string of the molecule is CCCC(=O)N[C@H](Cc1ccccc1)C(=O)C[C@H](C)C(=O)NCCCC(=O)Cc1ccc2[nH]c3c(c2c1)C[C@H]1NC(=O)[C@H](C(C)C(O)CO)NC(=O)[C@@H]2C[C@@H](O)CN2C(=O)[C@H](CC(N)=O)CC(=O)[C@H](CS3)NC(=O)CNC(=O)[C@H]([C@@H](C)CC)NC(=O)CNC1=O. The van der Waals surface area contributed by atoms with Gasteiger partial charge < -0.3 is 73.5 Å².